The number of hydrogen-bond donors (Lipinski definition) is 2. The lowest BCUT2D eigenvalue weighted by Crippen LogP contribution is -2.13. The largest absolute Gasteiger partial charge is 0.480 e. The van der Waals surface area contributed by atoms with E-state index in [0.29, 0.717) is 6.61 Å². The fourth-order valence-electron chi connectivity index (χ4n) is 0.510. The number of ether oxygens (including phenoxy) is 1. The molecular formula is C6H13NO3. The summed E-state index contributed by atoms with van der Waals surface area (Å²) in [6.07, 6.45) is 0.851. The topological polar surface area (TPSA) is 58.6 Å². The van der Waals surface area contributed by atoms with Crippen LogP contribution in [0.25, 0.3) is 0 Å². The van der Waals surface area contributed by atoms with E-state index in [2.05, 4.69) is 5.32 Å². The van der Waals surface area contributed by atoms with Crippen LogP contribution < -0.4 is 5.32 Å². The first-order chi connectivity index (χ1) is 4.77. The predicted octanol–water partition coefficient (Wildman–Crippen LogP) is -0.303. The second-order valence-electron chi connectivity index (χ2n) is 1.90. The van der Waals surface area contributed by atoms with Gasteiger partial charge in [0.1, 0.15) is 6.61 Å². The van der Waals surface area contributed by atoms with Gasteiger partial charge in [0.25, 0.3) is 0 Å². The summed E-state index contributed by atoms with van der Waals surface area (Å²) in [4.78, 5) is 9.89. The second-order valence-corrected chi connectivity index (χ2v) is 1.90. The van der Waals surface area contributed by atoms with Crippen molar-refractivity contribution in [1.29, 1.82) is 0 Å². The molecule has 60 valence electrons. The first kappa shape index (κ1) is 9.39. The molecule has 0 saturated heterocycles. The van der Waals surface area contributed by atoms with E-state index in [-0.39, 0.29) is 6.61 Å². The number of hydrogen-bond acceptors (Lipinski definition) is 3. The second kappa shape index (κ2) is 6.51. The normalized spacial score (nSPS) is 9.70. The van der Waals surface area contributed by atoms with E-state index in [9.17, 15) is 4.79 Å². The molecule has 2 N–H and O–H groups in total. The van der Waals surface area contributed by atoms with Gasteiger partial charge in [0, 0.05) is 6.61 Å². The van der Waals surface area contributed by atoms with Gasteiger partial charge in [-0.25, -0.2) is 4.79 Å². The maximum Gasteiger partial charge on any atom is 0.329 e. The molecule has 0 saturated carbocycles. The Morgan fingerprint density at radius 3 is 2.90 bits per heavy atom. The van der Waals surface area contributed by atoms with E-state index in [1.807, 2.05) is 7.05 Å². The molecule has 0 spiro atoms. The lowest BCUT2D eigenvalue weighted by Gasteiger charge is -1.99. The summed E-state index contributed by atoms with van der Waals surface area (Å²) in [6, 6.07) is 0. The highest BCUT2D eigenvalue weighted by Gasteiger charge is 1.93. The summed E-state index contributed by atoms with van der Waals surface area (Å²) >= 11 is 0. The highest BCUT2D eigenvalue weighted by molar-refractivity contribution is 5.67. The Labute approximate surface area is 60.2 Å². The Balaban J connectivity index is 2.84. The van der Waals surface area contributed by atoms with Crippen LogP contribution in [-0.2, 0) is 9.53 Å². The van der Waals surface area contributed by atoms with Crippen LogP contribution in [0.5, 0.6) is 0 Å². The highest BCUT2D eigenvalue weighted by atomic mass is 16.5. The van der Waals surface area contributed by atoms with E-state index in [0.717, 1.165) is 13.0 Å². The van der Waals surface area contributed by atoms with Gasteiger partial charge in [-0.2, -0.15) is 0 Å². The molecule has 0 aliphatic heterocycles. The number of nitrogens with one attached hydrogen (secondary N) is 1. The fourth-order valence-corrected chi connectivity index (χ4v) is 0.510. The van der Waals surface area contributed by atoms with Crippen LogP contribution in [0.2, 0.25) is 0 Å². The predicted molar refractivity (Wildman–Crippen MR) is 37.0 cm³/mol. The zero-order valence-electron chi connectivity index (χ0n) is 6.09. The number of carbonyl (C=O) groups is 1. The van der Waals surface area contributed by atoms with Gasteiger partial charge in [0.15, 0.2) is 0 Å². The Bertz CT molecular complexity index is 95.0. The summed E-state index contributed by atoms with van der Waals surface area (Å²) < 4.78 is 4.76. The van der Waals surface area contributed by atoms with Gasteiger partial charge in [-0.1, -0.05) is 0 Å². The van der Waals surface area contributed by atoms with Gasteiger partial charge in [-0.05, 0) is 20.0 Å². The molecule has 0 fully saturated rings. The standard InChI is InChI=1S/C6H13NO3/c1-7-3-2-4-10-5-6(8)9/h7H,2-5H2,1H3,(H,8,9). The van der Waals surface area contributed by atoms with E-state index in [4.69, 9.17) is 9.84 Å². The molecule has 10 heavy (non-hydrogen) atoms. The van der Waals surface area contributed by atoms with Gasteiger partial charge in [0.05, 0.1) is 0 Å². The molecule has 0 amide bonds. The molecule has 0 aromatic rings. The van der Waals surface area contributed by atoms with Crippen LogP contribution in [0.1, 0.15) is 6.42 Å². The van der Waals surface area contributed by atoms with Crippen molar-refractivity contribution in [2.45, 2.75) is 6.42 Å². The quantitative estimate of drug-likeness (QED) is 0.506. The number of rotatable bonds is 6. The zero-order valence-corrected chi connectivity index (χ0v) is 6.09. The summed E-state index contributed by atoms with van der Waals surface area (Å²) in [6.45, 7) is 1.18. The summed E-state index contributed by atoms with van der Waals surface area (Å²) in [5.41, 5.74) is 0. The van der Waals surface area contributed by atoms with Gasteiger partial charge < -0.3 is 15.2 Å². The third-order valence-electron chi connectivity index (χ3n) is 0.941. The summed E-state index contributed by atoms with van der Waals surface area (Å²) in [7, 11) is 1.84. The number of aliphatic carboxylic acids is 1. The van der Waals surface area contributed by atoms with Crippen molar-refractivity contribution in [3.05, 3.63) is 0 Å². The van der Waals surface area contributed by atoms with Crippen molar-refractivity contribution < 1.29 is 14.6 Å². The smallest absolute Gasteiger partial charge is 0.329 e. The van der Waals surface area contributed by atoms with E-state index < -0.39 is 5.97 Å². The van der Waals surface area contributed by atoms with Crippen LogP contribution in [0.15, 0.2) is 0 Å². The van der Waals surface area contributed by atoms with Gasteiger partial charge in [-0.15, -0.1) is 0 Å². The SMILES string of the molecule is CNCCCOCC(=O)O. The average Bonchev–Trinajstić information content (AvgIpc) is 1.87. The van der Waals surface area contributed by atoms with E-state index >= 15 is 0 Å². The van der Waals surface area contributed by atoms with Crippen LogP contribution >= 0.6 is 0 Å². The minimum absolute atomic E-state index is 0.191. The van der Waals surface area contributed by atoms with Crippen molar-refractivity contribution >= 4 is 5.97 Å². The number of carboxylic acids is 1. The molecule has 0 unspecified atom stereocenters. The minimum atomic E-state index is -0.913. The molecule has 0 aromatic carbocycles. The van der Waals surface area contributed by atoms with Crippen molar-refractivity contribution in [3.8, 4) is 0 Å². The maximum atomic E-state index is 9.89. The van der Waals surface area contributed by atoms with Crippen LogP contribution in [-0.4, -0.2) is 37.9 Å². The molecule has 0 aliphatic carbocycles. The van der Waals surface area contributed by atoms with Gasteiger partial charge in [-0.3, -0.25) is 0 Å². The molecule has 0 heterocycles. The average molecular weight is 147 g/mol. The fraction of sp³-hybridized carbons (Fsp3) is 0.833. The first-order valence-corrected chi connectivity index (χ1v) is 3.21. The summed E-state index contributed by atoms with van der Waals surface area (Å²) in [5, 5.41) is 11.1. The number of carboxylic acid groups (broad SMARTS) is 1. The highest BCUT2D eigenvalue weighted by Crippen LogP contribution is 1.79. The maximum absolute atomic E-state index is 9.89. The molecule has 4 heteroatoms. The van der Waals surface area contributed by atoms with Crippen molar-refractivity contribution in [2.24, 2.45) is 0 Å². The Morgan fingerprint density at radius 1 is 1.70 bits per heavy atom. The molecule has 0 rings (SSSR count). The molecular weight excluding hydrogens is 134 g/mol. The Morgan fingerprint density at radius 2 is 2.40 bits per heavy atom. The first-order valence-electron chi connectivity index (χ1n) is 3.21. The van der Waals surface area contributed by atoms with Crippen molar-refractivity contribution in [1.82, 2.24) is 5.32 Å². The van der Waals surface area contributed by atoms with Crippen LogP contribution in [0.4, 0.5) is 0 Å². The Kier molecular flexibility index (Phi) is 6.11. The van der Waals surface area contributed by atoms with Crippen LogP contribution in [0, 0.1) is 0 Å². The molecule has 0 aliphatic rings. The lowest BCUT2D eigenvalue weighted by molar-refractivity contribution is -0.142. The Hall–Kier alpha value is -0.610. The molecule has 0 bridgehead atoms. The molecule has 0 atom stereocenters. The van der Waals surface area contributed by atoms with Crippen molar-refractivity contribution in [3.63, 3.8) is 0 Å². The third-order valence-corrected chi connectivity index (χ3v) is 0.941. The monoisotopic (exact) mass is 147 g/mol. The molecule has 0 radical (unpaired) electrons. The van der Waals surface area contributed by atoms with Gasteiger partial charge >= 0.3 is 5.97 Å². The zero-order chi connectivity index (χ0) is 7.82. The molecule has 0 aromatic heterocycles. The molecule has 4 nitrogen and oxygen atoms in total. The van der Waals surface area contributed by atoms with Crippen LogP contribution in [0.3, 0.4) is 0 Å². The van der Waals surface area contributed by atoms with E-state index in [1.54, 1.807) is 0 Å². The summed E-state index contributed by atoms with van der Waals surface area (Å²) in [5.74, 6) is -0.913. The lowest BCUT2D eigenvalue weighted by atomic mass is 10.4. The van der Waals surface area contributed by atoms with Gasteiger partial charge in [0.2, 0.25) is 0 Å². The van der Waals surface area contributed by atoms with E-state index in [1.165, 1.54) is 0 Å². The van der Waals surface area contributed by atoms with Crippen molar-refractivity contribution in [2.75, 3.05) is 26.8 Å². The third kappa shape index (κ3) is 7.39. The minimum Gasteiger partial charge on any atom is -0.480 e.